The topological polar surface area (TPSA) is 41.6 Å². The third kappa shape index (κ3) is 7.06. The largest absolute Gasteiger partial charge is 0.416 e. The Balaban J connectivity index is 1.74. The van der Waals surface area contributed by atoms with Crippen molar-refractivity contribution in [3.05, 3.63) is 35.4 Å². The Labute approximate surface area is 151 Å². The zero-order valence-corrected chi connectivity index (χ0v) is 14.7. The fourth-order valence-electron chi connectivity index (χ4n) is 2.73. The van der Waals surface area contributed by atoms with Gasteiger partial charge in [0, 0.05) is 18.7 Å². The number of carbonyl (C=O) groups excluding carboxylic acids is 1. The zero-order chi connectivity index (χ0) is 19.0. The first kappa shape index (κ1) is 20.3. The molecule has 0 aromatic heterocycles. The summed E-state index contributed by atoms with van der Waals surface area (Å²) in [5.41, 5.74) is -0.472. The smallest absolute Gasteiger partial charge is 0.377 e. The van der Waals surface area contributed by atoms with Crippen molar-refractivity contribution in [2.45, 2.75) is 31.5 Å². The molecule has 7 heteroatoms. The first-order valence-corrected chi connectivity index (χ1v) is 8.57. The number of benzene rings is 1. The van der Waals surface area contributed by atoms with Gasteiger partial charge in [0.25, 0.3) is 0 Å². The molecule has 0 bridgehead atoms. The van der Waals surface area contributed by atoms with E-state index in [1.54, 1.807) is 0 Å². The summed E-state index contributed by atoms with van der Waals surface area (Å²) in [5.74, 6) is 5.13. The van der Waals surface area contributed by atoms with Crippen molar-refractivity contribution in [2.24, 2.45) is 0 Å². The minimum Gasteiger partial charge on any atom is -0.377 e. The average molecular weight is 368 g/mol. The number of alkyl halides is 3. The van der Waals surface area contributed by atoms with E-state index in [2.05, 4.69) is 17.2 Å². The van der Waals surface area contributed by atoms with Gasteiger partial charge in [-0.1, -0.05) is 17.9 Å². The number of nitrogens with zero attached hydrogens (tertiary/aromatic N) is 1. The number of ether oxygens (including phenoxy) is 1. The maximum absolute atomic E-state index is 12.6. The lowest BCUT2D eigenvalue weighted by Crippen LogP contribution is -2.40. The van der Waals surface area contributed by atoms with Crippen LogP contribution in [0, 0.1) is 11.8 Å². The number of carbonyl (C=O) groups is 1. The van der Waals surface area contributed by atoms with Crippen LogP contribution in [-0.4, -0.2) is 50.2 Å². The number of likely N-dealkylation sites (N-methyl/N-ethyl adjacent to an activating group) is 1. The molecule has 1 aromatic rings. The van der Waals surface area contributed by atoms with Gasteiger partial charge < -0.3 is 10.1 Å². The molecular formula is C19H23F3N2O2. The standard InChI is InChI=1S/C19H23F3N2O2/c1-24(13-17-9-2-3-11-26-17)14-18(25)23-10-5-7-15-6-4-8-16(12-15)19(20,21)22/h4,6,8,12,17H,2-3,9-11,13-14H2,1H3,(H,23,25). The van der Waals surface area contributed by atoms with E-state index in [0.29, 0.717) is 6.54 Å². The number of amides is 1. The van der Waals surface area contributed by atoms with E-state index in [4.69, 9.17) is 4.74 Å². The van der Waals surface area contributed by atoms with Crippen LogP contribution in [-0.2, 0) is 15.7 Å². The summed E-state index contributed by atoms with van der Waals surface area (Å²) < 4.78 is 43.5. The van der Waals surface area contributed by atoms with Crippen LogP contribution in [0.4, 0.5) is 13.2 Å². The predicted octanol–water partition coefficient (Wildman–Crippen LogP) is 2.67. The van der Waals surface area contributed by atoms with Gasteiger partial charge in [-0.15, -0.1) is 0 Å². The van der Waals surface area contributed by atoms with E-state index in [-0.39, 0.29) is 30.7 Å². The second kappa shape index (κ2) is 9.60. The molecule has 1 aliphatic rings. The molecular weight excluding hydrogens is 345 g/mol. The van der Waals surface area contributed by atoms with Gasteiger partial charge in [0.15, 0.2) is 0 Å². The van der Waals surface area contributed by atoms with Crippen LogP contribution in [0.5, 0.6) is 0 Å². The molecule has 1 aliphatic heterocycles. The Morgan fingerprint density at radius 3 is 2.88 bits per heavy atom. The van der Waals surface area contributed by atoms with Crippen LogP contribution in [0.3, 0.4) is 0 Å². The van der Waals surface area contributed by atoms with E-state index in [1.165, 1.54) is 12.1 Å². The van der Waals surface area contributed by atoms with Gasteiger partial charge in [0.2, 0.25) is 5.91 Å². The second-order valence-electron chi connectivity index (χ2n) is 6.34. The summed E-state index contributed by atoms with van der Waals surface area (Å²) >= 11 is 0. The number of rotatable bonds is 5. The molecule has 1 fully saturated rings. The Hall–Kier alpha value is -2.04. The molecule has 142 valence electrons. The van der Waals surface area contributed by atoms with E-state index in [1.807, 2.05) is 11.9 Å². The van der Waals surface area contributed by atoms with E-state index in [9.17, 15) is 18.0 Å². The van der Waals surface area contributed by atoms with Crippen LogP contribution in [0.1, 0.15) is 30.4 Å². The third-order valence-electron chi connectivity index (χ3n) is 4.00. The molecule has 1 amide bonds. The maximum atomic E-state index is 12.6. The highest BCUT2D eigenvalue weighted by atomic mass is 19.4. The van der Waals surface area contributed by atoms with Crippen LogP contribution < -0.4 is 5.32 Å². The third-order valence-corrected chi connectivity index (χ3v) is 4.00. The Morgan fingerprint density at radius 1 is 1.38 bits per heavy atom. The van der Waals surface area contributed by atoms with Crippen molar-refractivity contribution in [3.63, 3.8) is 0 Å². The van der Waals surface area contributed by atoms with E-state index < -0.39 is 11.7 Å². The van der Waals surface area contributed by atoms with Crippen LogP contribution in [0.25, 0.3) is 0 Å². The van der Waals surface area contributed by atoms with Gasteiger partial charge >= 0.3 is 6.18 Å². The molecule has 0 aliphatic carbocycles. The summed E-state index contributed by atoms with van der Waals surface area (Å²) in [5, 5.41) is 2.65. The molecule has 1 saturated heterocycles. The van der Waals surface area contributed by atoms with Gasteiger partial charge in [-0.2, -0.15) is 13.2 Å². The minimum absolute atomic E-state index is 0.0862. The molecule has 4 nitrogen and oxygen atoms in total. The van der Waals surface area contributed by atoms with Gasteiger partial charge in [-0.05, 0) is 44.5 Å². The summed E-state index contributed by atoms with van der Waals surface area (Å²) in [7, 11) is 1.85. The van der Waals surface area contributed by atoms with Gasteiger partial charge in [-0.3, -0.25) is 9.69 Å². The van der Waals surface area contributed by atoms with Crippen molar-refractivity contribution in [3.8, 4) is 11.8 Å². The summed E-state index contributed by atoms with van der Waals surface area (Å²) in [4.78, 5) is 13.8. The van der Waals surface area contributed by atoms with Crippen molar-refractivity contribution < 1.29 is 22.7 Å². The number of hydrogen-bond donors (Lipinski definition) is 1. The normalized spacial score (nSPS) is 17.5. The highest BCUT2D eigenvalue weighted by Crippen LogP contribution is 2.29. The molecule has 1 unspecified atom stereocenters. The van der Waals surface area contributed by atoms with Crippen LogP contribution in [0.2, 0.25) is 0 Å². The van der Waals surface area contributed by atoms with Crippen molar-refractivity contribution in [1.29, 1.82) is 0 Å². The minimum atomic E-state index is -4.39. The summed E-state index contributed by atoms with van der Waals surface area (Å²) in [6, 6.07) is 4.81. The number of hydrogen-bond acceptors (Lipinski definition) is 3. The molecule has 1 heterocycles. The monoisotopic (exact) mass is 368 g/mol. The molecule has 0 radical (unpaired) electrons. The first-order valence-electron chi connectivity index (χ1n) is 8.57. The lowest BCUT2D eigenvalue weighted by atomic mass is 10.1. The van der Waals surface area contributed by atoms with E-state index in [0.717, 1.165) is 38.0 Å². The second-order valence-corrected chi connectivity index (χ2v) is 6.34. The van der Waals surface area contributed by atoms with Crippen molar-refractivity contribution >= 4 is 5.91 Å². The lowest BCUT2D eigenvalue weighted by molar-refractivity contribution is -0.137. The molecule has 1 atom stereocenters. The molecule has 0 saturated carbocycles. The van der Waals surface area contributed by atoms with Gasteiger partial charge in [0.1, 0.15) is 0 Å². The SMILES string of the molecule is CN(CC(=O)NCC#Cc1cccc(C(F)(F)F)c1)CC1CCCCO1. The molecule has 0 spiro atoms. The summed E-state index contributed by atoms with van der Waals surface area (Å²) in [6.45, 7) is 1.78. The Morgan fingerprint density at radius 2 is 2.19 bits per heavy atom. The fraction of sp³-hybridized carbons (Fsp3) is 0.526. The van der Waals surface area contributed by atoms with Crippen LogP contribution >= 0.6 is 0 Å². The molecule has 26 heavy (non-hydrogen) atoms. The quantitative estimate of drug-likeness (QED) is 0.813. The highest BCUT2D eigenvalue weighted by molar-refractivity contribution is 5.78. The summed E-state index contributed by atoms with van der Waals surface area (Å²) in [6.07, 6.45) is -0.976. The van der Waals surface area contributed by atoms with Gasteiger partial charge in [-0.25, -0.2) is 0 Å². The number of halogens is 3. The fourth-order valence-corrected chi connectivity index (χ4v) is 2.73. The van der Waals surface area contributed by atoms with Gasteiger partial charge in [0.05, 0.1) is 24.8 Å². The van der Waals surface area contributed by atoms with Crippen molar-refractivity contribution in [1.82, 2.24) is 10.2 Å². The zero-order valence-electron chi connectivity index (χ0n) is 14.7. The van der Waals surface area contributed by atoms with Crippen LogP contribution in [0.15, 0.2) is 24.3 Å². The van der Waals surface area contributed by atoms with Crippen molar-refractivity contribution in [2.75, 3.05) is 33.3 Å². The lowest BCUT2D eigenvalue weighted by Gasteiger charge is -2.26. The average Bonchev–Trinajstić information content (AvgIpc) is 2.59. The molecule has 1 aromatic carbocycles. The molecule has 2 rings (SSSR count). The predicted molar refractivity (Wildman–Crippen MR) is 92.4 cm³/mol. The number of nitrogens with one attached hydrogen (secondary N) is 1. The van der Waals surface area contributed by atoms with E-state index >= 15 is 0 Å². The Kier molecular flexibility index (Phi) is 7.49. The highest BCUT2D eigenvalue weighted by Gasteiger charge is 2.30. The Bertz CT molecular complexity index is 659. The molecule has 1 N–H and O–H groups in total. The maximum Gasteiger partial charge on any atom is 0.416 e. The first-order chi connectivity index (χ1) is 12.3.